The maximum absolute atomic E-state index is 13.0. The molecule has 26 heavy (non-hydrogen) atoms. The summed E-state index contributed by atoms with van der Waals surface area (Å²) in [5, 5.41) is 3.68. The first-order chi connectivity index (χ1) is 12.5. The lowest BCUT2D eigenvalue weighted by molar-refractivity contribution is 0.0934. The molecule has 1 aliphatic carbocycles. The molecule has 0 saturated heterocycles. The predicted molar refractivity (Wildman–Crippen MR) is 102 cm³/mol. The van der Waals surface area contributed by atoms with Crippen LogP contribution in [0.2, 0.25) is 0 Å². The molecule has 0 radical (unpaired) electrons. The van der Waals surface area contributed by atoms with E-state index in [0.29, 0.717) is 26.6 Å². The van der Waals surface area contributed by atoms with Gasteiger partial charge in [-0.1, -0.05) is 0 Å². The third kappa shape index (κ3) is 2.92. The number of hydrogen-bond acceptors (Lipinski definition) is 5. The molecule has 0 aromatic carbocycles. The lowest BCUT2D eigenvalue weighted by atomic mass is 10.1. The van der Waals surface area contributed by atoms with Crippen molar-refractivity contribution in [1.29, 1.82) is 0 Å². The fourth-order valence-electron chi connectivity index (χ4n) is 3.22. The number of thiophene rings is 1. The number of aromatic nitrogens is 3. The molecule has 3 heterocycles. The number of aryl methyl sites for hydroxylation is 3. The normalized spacial score (nSPS) is 15.2. The monoisotopic (exact) mass is 368 g/mol. The van der Waals surface area contributed by atoms with Crippen LogP contribution < -0.4 is 10.9 Å². The van der Waals surface area contributed by atoms with Crippen molar-refractivity contribution in [2.45, 2.75) is 32.7 Å². The molecule has 3 aromatic rings. The predicted octanol–water partition coefficient (Wildman–Crippen LogP) is 2.89. The van der Waals surface area contributed by atoms with Gasteiger partial charge in [0.2, 0.25) is 0 Å². The van der Waals surface area contributed by atoms with E-state index in [4.69, 9.17) is 0 Å². The lowest BCUT2D eigenvalue weighted by Crippen LogP contribution is -2.30. The first-order valence-corrected chi connectivity index (χ1v) is 9.45. The number of nitrogens with one attached hydrogen (secondary N) is 1. The Morgan fingerprint density at radius 1 is 1.35 bits per heavy atom. The minimum Gasteiger partial charge on any atom is -0.343 e. The summed E-state index contributed by atoms with van der Waals surface area (Å²) in [4.78, 5) is 35.2. The highest BCUT2D eigenvalue weighted by Gasteiger charge is 2.35. The van der Waals surface area contributed by atoms with Crippen molar-refractivity contribution in [2.75, 3.05) is 0 Å². The zero-order valence-corrected chi connectivity index (χ0v) is 15.8. The summed E-state index contributed by atoms with van der Waals surface area (Å²) in [5.41, 5.74) is 2.60. The number of pyridine rings is 1. The van der Waals surface area contributed by atoms with Crippen molar-refractivity contribution in [3.8, 4) is 0 Å². The second-order valence-electron chi connectivity index (χ2n) is 6.94. The maximum Gasteiger partial charge on any atom is 0.262 e. The minimum atomic E-state index is -0.159. The van der Waals surface area contributed by atoms with Gasteiger partial charge in [0.25, 0.3) is 11.5 Å². The summed E-state index contributed by atoms with van der Waals surface area (Å²) in [6, 6.07) is 3.88. The standard InChI is InChI=1S/C19H20N4O2S/c1-10-6-7-20-13(8-10)15(12-4-5-12)22-17(24)16-11(2)14-18(26-16)21-9-23(3)19(14)25/h6-9,12,15H,4-5H2,1-3H3,(H,22,24)/t15-/m0/s1. The van der Waals surface area contributed by atoms with E-state index in [-0.39, 0.29) is 17.5 Å². The highest BCUT2D eigenvalue weighted by molar-refractivity contribution is 7.20. The molecule has 6 nitrogen and oxygen atoms in total. The number of amides is 1. The van der Waals surface area contributed by atoms with Crippen molar-refractivity contribution in [3.63, 3.8) is 0 Å². The van der Waals surface area contributed by atoms with Gasteiger partial charge in [-0.25, -0.2) is 4.98 Å². The van der Waals surface area contributed by atoms with E-state index < -0.39 is 0 Å². The van der Waals surface area contributed by atoms with Crippen molar-refractivity contribution in [2.24, 2.45) is 13.0 Å². The number of fused-ring (bicyclic) bond motifs is 1. The van der Waals surface area contributed by atoms with Crippen LogP contribution in [0.15, 0.2) is 29.5 Å². The Kier molecular flexibility index (Phi) is 4.11. The fourth-order valence-corrected chi connectivity index (χ4v) is 4.27. The van der Waals surface area contributed by atoms with Crippen LogP contribution in [-0.2, 0) is 7.05 Å². The third-order valence-electron chi connectivity index (χ3n) is 4.85. The zero-order valence-electron chi connectivity index (χ0n) is 14.9. The molecule has 1 amide bonds. The molecule has 1 N–H and O–H groups in total. The van der Waals surface area contributed by atoms with Gasteiger partial charge in [0, 0.05) is 13.2 Å². The second-order valence-corrected chi connectivity index (χ2v) is 7.94. The highest BCUT2D eigenvalue weighted by Crippen LogP contribution is 2.41. The number of hydrogen-bond donors (Lipinski definition) is 1. The number of nitrogens with zero attached hydrogens (tertiary/aromatic N) is 3. The molecule has 7 heteroatoms. The Morgan fingerprint density at radius 3 is 2.81 bits per heavy atom. The molecule has 4 rings (SSSR count). The molecule has 1 atom stereocenters. The van der Waals surface area contributed by atoms with E-state index in [1.165, 1.54) is 22.2 Å². The van der Waals surface area contributed by atoms with E-state index in [1.807, 2.05) is 26.0 Å². The topological polar surface area (TPSA) is 76.9 Å². The SMILES string of the molecule is Cc1ccnc([C@@H](NC(=O)c2sc3ncn(C)c(=O)c3c2C)C2CC2)c1. The van der Waals surface area contributed by atoms with Crippen LogP contribution in [-0.4, -0.2) is 20.4 Å². The van der Waals surface area contributed by atoms with Gasteiger partial charge in [0.15, 0.2) is 0 Å². The van der Waals surface area contributed by atoms with Crippen LogP contribution in [0, 0.1) is 19.8 Å². The van der Waals surface area contributed by atoms with Crippen LogP contribution in [0.25, 0.3) is 10.2 Å². The van der Waals surface area contributed by atoms with Crippen LogP contribution in [0.4, 0.5) is 0 Å². The molecule has 134 valence electrons. The molecule has 0 unspecified atom stereocenters. The van der Waals surface area contributed by atoms with Crippen molar-refractivity contribution in [3.05, 3.63) is 56.7 Å². The summed E-state index contributed by atoms with van der Waals surface area (Å²) < 4.78 is 1.44. The van der Waals surface area contributed by atoms with Gasteiger partial charge < -0.3 is 9.88 Å². The van der Waals surface area contributed by atoms with Gasteiger partial charge in [-0.15, -0.1) is 11.3 Å². The Morgan fingerprint density at radius 2 is 2.12 bits per heavy atom. The fraction of sp³-hybridized carbons (Fsp3) is 0.368. The third-order valence-corrected chi connectivity index (χ3v) is 6.05. The lowest BCUT2D eigenvalue weighted by Gasteiger charge is -2.18. The van der Waals surface area contributed by atoms with Crippen molar-refractivity contribution in [1.82, 2.24) is 19.9 Å². The van der Waals surface area contributed by atoms with Gasteiger partial charge in [0.1, 0.15) is 4.83 Å². The van der Waals surface area contributed by atoms with Gasteiger partial charge in [-0.05, 0) is 55.9 Å². The Labute approximate surface area is 154 Å². The summed E-state index contributed by atoms with van der Waals surface area (Å²) >= 11 is 1.27. The van der Waals surface area contributed by atoms with Crippen LogP contribution in [0.3, 0.4) is 0 Å². The zero-order chi connectivity index (χ0) is 18.4. The van der Waals surface area contributed by atoms with Crippen LogP contribution in [0.1, 0.15) is 45.4 Å². The van der Waals surface area contributed by atoms with Gasteiger partial charge in [-0.3, -0.25) is 14.6 Å². The summed E-state index contributed by atoms with van der Waals surface area (Å²) in [7, 11) is 1.66. The molecule has 3 aromatic heterocycles. The first-order valence-electron chi connectivity index (χ1n) is 8.64. The first kappa shape index (κ1) is 16.9. The molecular weight excluding hydrogens is 348 g/mol. The number of rotatable bonds is 4. The van der Waals surface area contributed by atoms with Crippen molar-refractivity contribution >= 4 is 27.5 Å². The summed E-state index contributed by atoms with van der Waals surface area (Å²) in [5.74, 6) is 0.265. The summed E-state index contributed by atoms with van der Waals surface area (Å²) in [6.07, 6.45) is 5.46. The Bertz CT molecular complexity index is 1070. The molecule has 1 fully saturated rings. The van der Waals surface area contributed by atoms with Crippen molar-refractivity contribution < 1.29 is 4.79 Å². The minimum absolute atomic E-state index is 0.0946. The smallest absolute Gasteiger partial charge is 0.262 e. The second kappa shape index (κ2) is 6.32. The average molecular weight is 368 g/mol. The van der Waals surface area contributed by atoms with E-state index in [9.17, 15) is 9.59 Å². The van der Waals surface area contributed by atoms with Gasteiger partial charge in [-0.2, -0.15) is 0 Å². The Hall–Kier alpha value is -2.54. The summed E-state index contributed by atoms with van der Waals surface area (Å²) in [6.45, 7) is 3.84. The van der Waals surface area contributed by atoms with E-state index in [1.54, 1.807) is 13.2 Å². The maximum atomic E-state index is 13.0. The number of carbonyl (C=O) groups excluding carboxylic acids is 1. The van der Waals surface area contributed by atoms with Crippen LogP contribution >= 0.6 is 11.3 Å². The molecular formula is C19H20N4O2S. The Balaban J connectivity index is 1.69. The molecule has 0 aliphatic heterocycles. The van der Waals surface area contributed by atoms with E-state index in [2.05, 4.69) is 15.3 Å². The number of carbonyl (C=O) groups is 1. The molecule has 1 aliphatic rings. The quantitative estimate of drug-likeness (QED) is 0.768. The van der Waals surface area contributed by atoms with E-state index in [0.717, 1.165) is 24.1 Å². The highest BCUT2D eigenvalue weighted by atomic mass is 32.1. The molecule has 0 bridgehead atoms. The molecule has 1 saturated carbocycles. The molecule has 0 spiro atoms. The average Bonchev–Trinajstić information content (AvgIpc) is 3.39. The van der Waals surface area contributed by atoms with Crippen LogP contribution in [0.5, 0.6) is 0 Å². The van der Waals surface area contributed by atoms with Gasteiger partial charge in [0.05, 0.1) is 28.3 Å². The largest absolute Gasteiger partial charge is 0.343 e. The van der Waals surface area contributed by atoms with E-state index >= 15 is 0 Å². The van der Waals surface area contributed by atoms with Gasteiger partial charge >= 0.3 is 0 Å².